The molecule has 0 nitrogen and oxygen atoms in total. The second-order valence-corrected chi connectivity index (χ2v) is 8.05. The van der Waals surface area contributed by atoms with Gasteiger partial charge in [0.2, 0.25) is 0 Å². The molecule has 0 aliphatic heterocycles. The van der Waals surface area contributed by atoms with E-state index in [1.807, 2.05) is 0 Å². The molecular weight excluding hydrogens is 199 g/mol. The number of rotatable bonds is 2. The second-order valence-electron chi connectivity index (χ2n) is 6.08. The Morgan fingerprint density at radius 3 is 1.27 bits per heavy atom. The molecule has 0 unspecified atom stereocenters. The lowest BCUT2D eigenvalue weighted by Gasteiger charge is -2.32. The van der Waals surface area contributed by atoms with Crippen molar-refractivity contribution < 1.29 is 0 Å². The Bertz CT molecular complexity index is 154. The lowest BCUT2D eigenvalue weighted by Crippen LogP contribution is -2.19. The van der Waals surface area contributed by atoms with Crippen LogP contribution >= 0.6 is 8.58 Å². The Labute approximate surface area is 97.4 Å². The van der Waals surface area contributed by atoms with Crippen LogP contribution in [0.1, 0.15) is 65.2 Å². The molecular formula is C14H27P. The van der Waals surface area contributed by atoms with Crippen molar-refractivity contribution in [1.82, 2.24) is 0 Å². The van der Waals surface area contributed by atoms with E-state index in [-0.39, 0.29) is 0 Å². The van der Waals surface area contributed by atoms with Gasteiger partial charge in [0.1, 0.15) is 0 Å². The van der Waals surface area contributed by atoms with Crippen LogP contribution in [0.15, 0.2) is 0 Å². The summed E-state index contributed by atoms with van der Waals surface area (Å²) >= 11 is 0. The third-order valence-corrected chi connectivity index (χ3v) is 6.60. The quantitative estimate of drug-likeness (QED) is 0.592. The van der Waals surface area contributed by atoms with E-state index >= 15 is 0 Å². The van der Waals surface area contributed by atoms with Crippen molar-refractivity contribution >= 4 is 8.58 Å². The van der Waals surface area contributed by atoms with Gasteiger partial charge in [-0.25, -0.2) is 0 Å². The fourth-order valence-corrected chi connectivity index (χ4v) is 5.19. The minimum atomic E-state index is 1.03. The van der Waals surface area contributed by atoms with E-state index in [0.717, 1.165) is 23.2 Å². The van der Waals surface area contributed by atoms with Crippen molar-refractivity contribution in [3.05, 3.63) is 0 Å². The molecule has 0 aromatic carbocycles. The molecule has 0 saturated heterocycles. The SMILES string of the molecule is CC1CCC(PC2CCC(C)CC2)CC1. The van der Waals surface area contributed by atoms with E-state index in [9.17, 15) is 0 Å². The molecule has 0 N–H and O–H groups in total. The molecule has 1 heteroatoms. The Hall–Kier alpha value is 0.430. The molecule has 0 spiro atoms. The molecule has 0 atom stereocenters. The third kappa shape index (κ3) is 3.74. The first-order valence-electron chi connectivity index (χ1n) is 7.00. The van der Waals surface area contributed by atoms with E-state index in [1.54, 1.807) is 25.7 Å². The maximum atomic E-state index is 2.43. The van der Waals surface area contributed by atoms with E-state index in [4.69, 9.17) is 0 Å². The summed E-state index contributed by atoms with van der Waals surface area (Å²) < 4.78 is 0. The molecule has 0 aromatic heterocycles. The third-order valence-electron chi connectivity index (χ3n) is 4.50. The highest BCUT2D eigenvalue weighted by atomic mass is 31.1. The Morgan fingerprint density at radius 1 is 0.600 bits per heavy atom. The minimum Gasteiger partial charge on any atom is -0.116 e. The standard InChI is InChI=1S/C14H27P/c1-11-3-7-13(8-4-11)15-14-9-5-12(2)6-10-14/h11-15H,3-10H2,1-2H3. The molecule has 2 rings (SSSR count). The maximum absolute atomic E-state index is 2.43. The summed E-state index contributed by atoms with van der Waals surface area (Å²) in [5.41, 5.74) is 2.25. The lowest BCUT2D eigenvalue weighted by atomic mass is 9.90. The van der Waals surface area contributed by atoms with Gasteiger partial charge >= 0.3 is 0 Å². The van der Waals surface area contributed by atoms with Gasteiger partial charge in [-0.15, -0.1) is 8.58 Å². The van der Waals surface area contributed by atoms with E-state index in [1.165, 1.54) is 34.3 Å². The van der Waals surface area contributed by atoms with Crippen molar-refractivity contribution in [2.45, 2.75) is 76.5 Å². The summed E-state index contributed by atoms with van der Waals surface area (Å²) in [4.78, 5) is 0. The maximum Gasteiger partial charge on any atom is -0.0234 e. The molecule has 0 bridgehead atoms. The largest absolute Gasteiger partial charge is 0.116 e. The van der Waals surface area contributed by atoms with Crippen LogP contribution in [0.4, 0.5) is 0 Å². The first-order chi connectivity index (χ1) is 7.24. The summed E-state index contributed by atoms with van der Waals surface area (Å²) in [5, 5.41) is 0. The van der Waals surface area contributed by atoms with Crippen LogP contribution < -0.4 is 0 Å². The normalized spacial score (nSPS) is 43.6. The summed E-state index contributed by atoms with van der Waals surface area (Å²) in [6.45, 7) is 4.86. The van der Waals surface area contributed by atoms with Crippen LogP contribution in [0.5, 0.6) is 0 Å². The smallest absolute Gasteiger partial charge is 0.0234 e. The predicted molar refractivity (Wildman–Crippen MR) is 71.2 cm³/mol. The summed E-state index contributed by atoms with van der Waals surface area (Å²) in [5.74, 6) is 2.05. The van der Waals surface area contributed by atoms with Gasteiger partial charge < -0.3 is 0 Å². The highest BCUT2D eigenvalue weighted by molar-refractivity contribution is 7.39. The summed E-state index contributed by atoms with van der Waals surface area (Å²) in [6, 6.07) is 0. The number of hydrogen-bond acceptors (Lipinski definition) is 0. The zero-order valence-corrected chi connectivity index (χ0v) is 11.5. The van der Waals surface area contributed by atoms with Crippen LogP contribution in [-0.2, 0) is 0 Å². The van der Waals surface area contributed by atoms with Gasteiger partial charge in [-0.05, 0) is 48.8 Å². The lowest BCUT2D eigenvalue weighted by molar-refractivity contribution is 0.377. The molecule has 2 aliphatic rings. The average molecular weight is 226 g/mol. The van der Waals surface area contributed by atoms with E-state index in [2.05, 4.69) is 13.8 Å². The Balaban J connectivity index is 1.68. The minimum absolute atomic E-state index is 1.03. The zero-order chi connectivity index (χ0) is 10.7. The van der Waals surface area contributed by atoms with Gasteiger partial charge in [-0.3, -0.25) is 0 Å². The van der Waals surface area contributed by atoms with E-state index < -0.39 is 0 Å². The van der Waals surface area contributed by atoms with Gasteiger partial charge in [0.25, 0.3) is 0 Å². The second kappa shape index (κ2) is 5.67. The topological polar surface area (TPSA) is 0 Å². The van der Waals surface area contributed by atoms with Gasteiger partial charge in [0, 0.05) is 0 Å². The van der Waals surface area contributed by atoms with Crippen molar-refractivity contribution in [3.63, 3.8) is 0 Å². The highest BCUT2D eigenvalue weighted by Crippen LogP contribution is 2.43. The van der Waals surface area contributed by atoms with Gasteiger partial charge in [0.05, 0.1) is 0 Å². The fourth-order valence-electron chi connectivity index (χ4n) is 3.19. The molecule has 2 saturated carbocycles. The summed E-state index contributed by atoms with van der Waals surface area (Å²) in [6.07, 6.45) is 12.2. The first-order valence-corrected chi connectivity index (χ1v) is 8.15. The van der Waals surface area contributed by atoms with Gasteiger partial charge in [0.15, 0.2) is 0 Å². The van der Waals surface area contributed by atoms with Crippen LogP contribution in [-0.4, -0.2) is 11.3 Å². The molecule has 0 radical (unpaired) electrons. The molecule has 88 valence electrons. The first kappa shape index (κ1) is 11.9. The molecule has 2 aliphatic carbocycles. The van der Waals surface area contributed by atoms with Gasteiger partial charge in [-0.1, -0.05) is 39.5 Å². The van der Waals surface area contributed by atoms with Crippen molar-refractivity contribution in [2.24, 2.45) is 11.8 Å². The van der Waals surface area contributed by atoms with Crippen molar-refractivity contribution in [2.75, 3.05) is 0 Å². The molecule has 0 amide bonds. The Morgan fingerprint density at radius 2 is 0.933 bits per heavy atom. The van der Waals surface area contributed by atoms with Crippen LogP contribution in [0.3, 0.4) is 0 Å². The average Bonchev–Trinajstić information content (AvgIpc) is 2.25. The summed E-state index contributed by atoms with van der Waals surface area (Å²) in [7, 11) is 1.31. The zero-order valence-electron chi connectivity index (χ0n) is 10.5. The molecule has 0 aromatic rings. The van der Waals surface area contributed by atoms with Crippen molar-refractivity contribution in [1.29, 1.82) is 0 Å². The Kier molecular flexibility index (Phi) is 4.50. The van der Waals surface area contributed by atoms with Crippen LogP contribution in [0.2, 0.25) is 0 Å². The van der Waals surface area contributed by atoms with Crippen molar-refractivity contribution in [3.8, 4) is 0 Å². The van der Waals surface area contributed by atoms with Crippen LogP contribution in [0.25, 0.3) is 0 Å². The monoisotopic (exact) mass is 226 g/mol. The van der Waals surface area contributed by atoms with Crippen LogP contribution in [0, 0.1) is 11.8 Å². The van der Waals surface area contributed by atoms with Gasteiger partial charge in [-0.2, -0.15) is 0 Å². The molecule has 2 fully saturated rings. The van der Waals surface area contributed by atoms with E-state index in [0.29, 0.717) is 0 Å². The number of hydrogen-bond donors (Lipinski definition) is 0. The molecule has 15 heavy (non-hydrogen) atoms. The fraction of sp³-hybridized carbons (Fsp3) is 1.00. The molecule has 0 heterocycles. The highest BCUT2D eigenvalue weighted by Gasteiger charge is 2.24. The predicted octanol–water partition coefficient (Wildman–Crippen LogP) is 4.82.